The van der Waals surface area contributed by atoms with Gasteiger partial charge in [0.2, 0.25) is 5.91 Å². The number of nitrogens with one attached hydrogen (secondary N) is 2. The Hall–Kier alpha value is -2.76. The number of hydrogen-bond acceptors (Lipinski definition) is 4. The molecule has 1 fully saturated rings. The first kappa shape index (κ1) is 13.2. The molecule has 0 radical (unpaired) electrons. The van der Waals surface area contributed by atoms with Gasteiger partial charge in [-0.2, -0.15) is 0 Å². The van der Waals surface area contributed by atoms with Gasteiger partial charge in [-0.15, -0.1) is 0 Å². The van der Waals surface area contributed by atoms with Crippen molar-refractivity contribution in [1.82, 2.24) is 10.6 Å². The predicted molar refractivity (Wildman–Crippen MR) is 74.1 cm³/mol. The van der Waals surface area contributed by atoms with Crippen LogP contribution in [0.5, 0.6) is 11.7 Å². The van der Waals surface area contributed by atoms with Crippen molar-refractivity contribution in [2.45, 2.75) is 12.5 Å². The highest BCUT2D eigenvalue weighted by Gasteiger charge is 2.27. The Morgan fingerprint density at radius 3 is 2.76 bits per heavy atom. The third-order valence-electron chi connectivity index (χ3n) is 3.12. The van der Waals surface area contributed by atoms with Gasteiger partial charge in [0, 0.05) is 12.6 Å². The third-order valence-corrected chi connectivity index (χ3v) is 3.12. The van der Waals surface area contributed by atoms with E-state index in [9.17, 15) is 9.59 Å². The summed E-state index contributed by atoms with van der Waals surface area (Å²) >= 11 is 0. The molecule has 1 aliphatic heterocycles. The lowest BCUT2D eigenvalue weighted by Crippen LogP contribution is -2.39. The minimum atomic E-state index is -0.499. The minimum Gasteiger partial charge on any atom is -0.426 e. The van der Waals surface area contributed by atoms with Crippen LogP contribution in [0.2, 0.25) is 0 Å². The fourth-order valence-electron chi connectivity index (χ4n) is 2.06. The van der Waals surface area contributed by atoms with Crippen molar-refractivity contribution in [1.29, 1.82) is 0 Å². The first-order valence-corrected chi connectivity index (χ1v) is 6.64. The fraction of sp³-hybridized carbons (Fsp3) is 0.200. The highest BCUT2D eigenvalue weighted by atomic mass is 16.6. The van der Waals surface area contributed by atoms with E-state index >= 15 is 0 Å². The zero-order chi connectivity index (χ0) is 14.7. The van der Waals surface area contributed by atoms with Crippen LogP contribution < -0.4 is 15.4 Å². The van der Waals surface area contributed by atoms with Gasteiger partial charge in [-0.1, -0.05) is 18.2 Å². The van der Waals surface area contributed by atoms with Crippen LogP contribution in [0.15, 0.2) is 46.9 Å². The van der Waals surface area contributed by atoms with Crippen molar-refractivity contribution in [3.05, 3.63) is 48.2 Å². The van der Waals surface area contributed by atoms with Gasteiger partial charge in [0.05, 0.1) is 0 Å². The van der Waals surface area contributed by atoms with E-state index in [0.717, 1.165) is 0 Å². The number of amides is 2. The lowest BCUT2D eigenvalue weighted by Gasteiger charge is -2.07. The Bertz CT molecular complexity index is 651. The van der Waals surface area contributed by atoms with Gasteiger partial charge in [-0.05, 0) is 24.6 Å². The molecule has 0 bridgehead atoms. The van der Waals surface area contributed by atoms with Gasteiger partial charge in [-0.25, -0.2) is 0 Å². The van der Waals surface area contributed by atoms with Gasteiger partial charge in [0.15, 0.2) is 5.76 Å². The smallest absolute Gasteiger partial charge is 0.290 e. The molecule has 2 amide bonds. The summed E-state index contributed by atoms with van der Waals surface area (Å²) in [5.41, 5.74) is 0. The van der Waals surface area contributed by atoms with E-state index < -0.39 is 11.9 Å². The van der Waals surface area contributed by atoms with Gasteiger partial charge >= 0.3 is 0 Å². The molecule has 2 N–H and O–H groups in total. The molecule has 0 spiro atoms. The van der Waals surface area contributed by atoms with E-state index in [4.69, 9.17) is 9.15 Å². The van der Waals surface area contributed by atoms with Gasteiger partial charge < -0.3 is 19.8 Å². The van der Waals surface area contributed by atoms with Crippen molar-refractivity contribution in [2.75, 3.05) is 6.54 Å². The first-order chi connectivity index (χ1) is 10.2. The molecule has 1 aromatic heterocycles. The van der Waals surface area contributed by atoms with E-state index in [1.807, 2.05) is 18.2 Å². The second-order valence-corrected chi connectivity index (χ2v) is 4.64. The molecule has 1 aliphatic rings. The van der Waals surface area contributed by atoms with Crippen molar-refractivity contribution < 1.29 is 18.7 Å². The molecule has 2 aromatic rings. The Kier molecular flexibility index (Phi) is 3.59. The van der Waals surface area contributed by atoms with Crippen LogP contribution in [0, 0.1) is 0 Å². The van der Waals surface area contributed by atoms with Crippen LogP contribution in [0.25, 0.3) is 0 Å². The maximum Gasteiger partial charge on any atom is 0.290 e. The van der Waals surface area contributed by atoms with Crippen molar-refractivity contribution in [3.8, 4) is 11.7 Å². The monoisotopic (exact) mass is 286 g/mol. The summed E-state index contributed by atoms with van der Waals surface area (Å²) < 4.78 is 10.8. The average Bonchev–Trinajstić information content (AvgIpc) is 3.10. The zero-order valence-electron chi connectivity index (χ0n) is 11.2. The maximum absolute atomic E-state index is 12.0. The molecular weight excluding hydrogens is 272 g/mol. The van der Waals surface area contributed by atoms with Crippen molar-refractivity contribution in [2.24, 2.45) is 0 Å². The Labute approximate surface area is 121 Å². The van der Waals surface area contributed by atoms with E-state index in [2.05, 4.69) is 10.6 Å². The fourth-order valence-corrected chi connectivity index (χ4v) is 2.06. The Morgan fingerprint density at radius 2 is 2.05 bits per heavy atom. The largest absolute Gasteiger partial charge is 0.426 e. The van der Waals surface area contributed by atoms with E-state index in [1.54, 1.807) is 18.2 Å². The molecule has 1 saturated heterocycles. The summed E-state index contributed by atoms with van der Waals surface area (Å²) in [6.45, 7) is 0.574. The van der Waals surface area contributed by atoms with Crippen molar-refractivity contribution in [3.63, 3.8) is 0 Å². The number of carbonyl (C=O) groups excluding carboxylic acids is 2. The molecule has 2 heterocycles. The lowest BCUT2D eigenvalue weighted by atomic mass is 10.2. The second-order valence-electron chi connectivity index (χ2n) is 4.64. The molecule has 1 atom stereocenters. The number of benzene rings is 1. The first-order valence-electron chi connectivity index (χ1n) is 6.64. The summed E-state index contributed by atoms with van der Waals surface area (Å²) in [6, 6.07) is 11.7. The maximum atomic E-state index is 12.0. The summed E-state index contributed by atoms with van der Waals surface area (Å²) in [6.07, 6.45) is 0.582. The predicted octanol–water partition coefficient (Wildman–Crippen LogP) is 1.69. The second kappa shape index (κ2) is 5.70. The number of rotatable bonds is 4. The molecule has 1 aromatic carbocycles. The highest BCUT2D eigenvalue weighted by molar-refractivity contribution is 5.96. The van der Waals surface area contributed by atoms with Crippen LogP contribution in [-0.4, -0.2) is 24.4 Å². The molecule has 0 aliphatic carbocycles. The van der Waals surface area contributed by atoms with Crippen LogP contribution >= 0.6 is 0 Å². The van der Waals surface area contributed by atoms with Crippen LogP contribution in [0.3, 0.4) is 0 Å². The quantitative estimate of drug-likeness (QED) is 0.896. The van der Waals surface area contributed by atoms with E-state index in [0.29, 0.717) is 18.7 Å². The molecule has 108 valence electrons. The summed E-state index contributed by atoms with van der Waals surface area (Å²) in [7, 11) is 0. The van der Waals surface area contributed by atoms with Crippen molar-refractivity contribution >= 4 is 11.8 Å². The molecule has 6 heteroatoms. The number of furan rings is 1. The topological polar surface area (TPSA) is 80.6 Å². The molecule has 0 unspecified atom stereocenters. The van der Waals surface area contributed by atoms with E-state index in [-0.39, 0.29) is 17.6 Å². The standard InChI is InChI=1S/C15H14N2O4/c18-14-11(8-9-16-14)17-15(19)12-6-7-13(21-12)20-10-4-2-1-3-5-10/h1-7,11H,8-9H2,(H,16,18)(H,17,19)/t11-/m1/s1. The van der Waals surface area contributed by atoms with E-state index in [1.165, 1.54) is 6.07 Å². The minimum absolute atomic E-state index is 0.112. The van der Waals surface area contributed by atoms with Gasteiger partial charge in [0.1, 0.15) is 11.8 Å². The van der Waals surface area contributed by atoms with Gasteiger partial charge in [-0.3, -0.25) is 9.59 Å². The lowest BCUT2D eigenvalue weighted by molar-refractivity contribution is -0.120. The number of para-hydroxylation sites is 1. The summed E-state index contributed by atoms with van der Waals surface area (Å²) in [5, 5.41) is 5.28. The van der Waals surface area contributed by atoms with Crippen LogP contribution in [-0.2, 0) is 4.79 Å². The third kappa shape index (κ3) is 3.05. The van der Waals surface area contributed by atoms with Crippen LogP contribution in [0.4, 0.5) is 0 Å². The van der Waals surface area contributed by atoms with Gasteiger partial charge in [0.25, 0.3) is 11.9 Å². The highest BCUT2D eigenvalue weighted by Crippen LogP contribution is 2.23. The zero-order valence-corrected chi connectivity index (χ0v) is 11.2. The van der Waals surface area contributed by atoms with Crippen LogP contribution in [0.1, 0.15) is 17.0 Å². The summed E-state index contributed by atoms with van der Waals surface area (Å²) in [4.78, 5) is 23.4. The number of hydrogen-bond donors (Lipinski definition) is 2. The number of carbonyl (C=O) groups is 2. The molecular formula is C15H14N2O4. The summed E-state index contributed by atoms with van der Waals surface area (Å²) in [5.74, 6) is 0.354. The Balaban J connectivity index is 1.64. The normalized spacial score (nSPS) is 17.3. The average molecular weight is 286 g/mol. The molecule has 21 heavy (non-hydrogen) atoms. The SMILES string of the molecule is O=C(N[C@@H]1CCNC1=O)c1ccc(Oc2ccccc2)o1. The molecule has 0 saturated carbocycles. The molecule has 6 nitrogen and oxygen atoms in total. The Morgan fingerprint density at radius 1 is 1.24 bits per heavy atom. The molecule has 3 rings (SSSR count). The number of ether oxygens (including phenoxy) is 1.